The molecule has 1 fully saturated rings. The summed E-state index contributed by atoms with van der Waals surface area (Å²) in [4.78, 5) is 12.1. The SMILES string of the molecule is CS(=O)(=O)C1CCCC(OC(=O)c2cc(N)ccc2Cl)C1. The van der Waals surface area contributed by atoms with Crippen LogP contribution in [0.15, 0.2) is 18.2 Å². The van der Waals surface area contributed by atoms with Gasteiger partial charge in [0.15, 0.2) is 0 Å². The summed E-state index contributed by atoms with van der Waals surface area (Å²) in [6.45, 7) is 0. The Bertz CT molecular complexity index is 644. The predicted octanol–water partition coefficient (Wildman–Crippen LogP) is 2.43. The third kappa shape index (κ3) is 4.11. The van der Waals surface area contributed by atoms with Crippen molar-refractivity contribution in [2.75, 3.05) is 12.0 Å². The molecule has 7 heteroatoms. The van der Waals surface area contributed by atoms with Gasteiger partial charge < -0.3 is 10.5 Å². The Balaban J connectivity index is 2.07. The number of halogens is 1. The van der Waals surface area contributed by atoms with Gasteiger partial charge in [-0.1, -0.05) is 11.6 Å². The molecule has 0 bridgehead atoms. The first-order chi connectivity index (χ1) is 9.77. The van der Waals surface area contributed by atoms with Gasteiger partial charge in [0.25, 0.3) is 0 Å². The second kappa shape index (κ2) is 6.23. The van der Waals surface area contributed by atoms with Crippen molar-refractivity contribution in [1.82, 2.24) is 0 Å². The number of hydrogen-bond donors (Lipinski definition) is 1. The number of hydrogen-bond acceptors (Lipinski definition) is 5. The van der Waals surface area contributed by atoms with Gasteiger partial charge in [0.2, 0.25) is 0 Å². The maximum Gasteiger partial charge on any atom is 0.340 e. The molecule has 1 aromatic carbocycles. The van der Waals surface area contributed by atoms with Crippen molar-refractivity contribution in [3.05, 3.63) is 28.8 Å². The second-order valence-corrected chi connectivity index (χ2v) is 8.12. The number of anilines is 1. The third-order valence-corrected chi connectivity index (χ3v) is 5.64. The van der Waals surface area contributed by atoms with E-state index in [9.17, 15) is 13.2 Å². The van der Waals surface area contributed by atoms with Crippen LogP contribution in [0.3, 0.4) is 0 Å². The fourth-order valence-corrected chi connectivity index (χ4v) is 3.87. The zero-order valence-corrected chi connectivity index (χ0v) is 13.3. The molecule has 2 rings (SSSR count). The Morgan fingerprint density at radius 1 is 1.38 bits per heavy atom. The maximum absolute atomic E-state index is 12.1. The molecular formula is C14H18ClNO4S. The highest BCUT2D eigenvalue weighted by molar-refractivity contribution is 7.91. The van der Waals surface area contributed by atoms with Crippen molar-refractivity contribution in [2.45, 2.75) is 37.0 Å². The summed E-state index contributed by atoms with van der Waals surface area (Å²) < 4.78 is 28.6. The summed E-state index contributed by atoms with van der Waals surface area (Å²) in [6, 6.07) is 4.59. The van der Waals surface area contributed by atoms with Crippen LogP contribution < -0.4 is 5.73 Å². The van der Waals surface area contributed by atoms with E-state index in [2.05, 4.69) is 0 Å². The molecule has 1 aromatic rings. The van der Waals surface area contributed by atoms with Gasteiger partial charge in [-0.25, -0.2) is 13.2 Å². The van der Waals surface area contributed by atoms with E-state index in [0.717, 1.165) is 6.42 Å². The molecule has 0 aromatic heterocycles. The van der Waals surface area contributed by atoms with Crippen molar-refractivity contribution in [1.29, 1.82) is 0 Å². The van der Waals surface area contributed by atoms with Crippen molar-refractivity contribution >= 4 is 33.1 Å². The minimum absolute atomic E-state index is 0.207. The largest absolute Gasteiger partial charge is 0.459 e. The number of sulfone groups is 1. The summed E-state index contributed by atoms with van der Waals surface area (Å²) in [5, 5.41) is -0.176. The minimum Gasteiger partial charge on any atom is -0.459 e. The van der Waals surface area contributed by atoms with Gasteiger partial charge in [-0.05, 0) is 37.5 Å². The highest BCUT2D eigenvalue weighted by atomic mass is 35.5. The van der Waals surface area contributed by atoms with Crippen LogP contribution in [0.5, 0.6) is 0 Å². The Labute approximate surface area is 129 Å². The zero-order valence-electron chi connectivity index (χ0n) is 11.7. The zero-order chi connectivity index (χ0) is 15.6. The number of ether oxygens (including phenoxy) is 1. The standard InChI is InChI=1S/C14H18ClNO4S/c1-21(18,19)11-4-2-3-10(8-11)20-14(17)12-7-9(16)5-6-13(12)15/h5-7,10-11H,2-4,8,16H2,1H3. The van der Waals surface area contributed by atoms with Gasteiger partial charge >= 0.3 is 5.97 Å². The molecular weight excluding hydrogens is 314 g/mol. The van der Waals surface area contributed by atoms with Crippen LogP contribution in [0.1, 0.15) is 36.0 Å². The molecule has 0 heterocycles. The third-order valence-electron chi connectivity index (χ3n) is 3.67. The van der Waals surface area contributed by atoms with Crippen LogP contribution in [0.4, 0.5) is 5.69 Å². The quantitative estimate of drug-likeness (QED) is 0.679. The van der Waals surface area contributed by atoms with Crippen molar-refractivity contribution in [3.8, 4) is 0 Å². The number of nitrogens with two attached hydrogens (primary N) is 1. The average molecular weight is 332 g/mol. The topological polar surface area (TPSA) is 86.5 Å². The first-order valence-corrected chi connectivity index (χ1v) is 9.05. The summed E-state index contributed by atoms with van der Waals surface area (Å²) in [5.74, 6) is -0.563. The molecule has 0 radical (unpaired) electrons. The molecule has 0 aliphatic heterocycles. The molecule has 116 valence electrons. The van der Waals surface area contributed by atoms with Crippen molar-refractivity contribution < 1.29 is 17.9 Å². The lowest BCUT2D eigenvalue weighted by Gasteiger charge is -2.27. The molecule has 2 N–H and O–H groups in total. The smallest absolute Gasteiger partial charge is 0.340 e. The summed E-state index contributed by atoms with van der Waals surface area (Å²) in [5.41, 5.74) is 6.26. The van der Waals surface area contributed by atoms with E-state index >= 15 is 0 Å². The average Bonchev–Trinajstić information content (AvgIpc) is 2.41. The van der Waals surface area contributed by atoms with E-state index in [-0.39, 0.29) is 10.6 Å². The number of rotatable bonds is 3. The van der Waals surface area contributed by atoms with Crippen molar-refractivity contribution in [2.24, 2.45) is 0 Å². The van der Waals surface area contributed by atoms with E-state index in [0.29, 0.717) is 24.9 Å². The lowest BCUT2D eigenvalue weighted by atomic mass is 9.97. The fourth-order valence-electron chi connectivity index (χ4n) is 2.51. The second-order valence-electron chi connectivity index (χ2n) is 5.38. The number of nitrogen functional groups attached to an aromatic ring is 1. The van der Waals surface area contributed by atoms with E-state index in [1.165, 1.54) is 18.4 Å². The molecule has 21 heavy (non-hydrogen) atoms. The molecule has 2 atom stereocenters. The molecule has 1 aliphatic rings. The van der Waals surface area contributed by atoms with E-state index in [1.807, 2.05) is 0 Å². The Kier molecular flexibility index (Phi) is 4.78. The van der Waals surface area contributed by atoms with Crippen LogP contribution in [-0.4, -0.2) is 32.0 Å². The molecule has 5 nitrogen and oxygen atoms in total. The van der Waals surface area contributed by atoms with Crippen LogP contribution in [0.2, 0.25) is 5.02 Å². The molecule has 0 amide bonds. The van der Waals surface area contributed by atoms with Gasteiger partial charge in [-0.3, -0.25) is 0 Å². The Morgan fingerprint density at radius 3 is 2.76 bits per heavy atom. The summed E-state index contributed by atoms with van der Waals surface area (Å²) in [7, 11) is -3.11. The van der Waals surface area contributed by atoms with Gasteiger partial charge in [-0.2, -0.15) is 0 Å². The Morgan fingerprint density at radius 2 is 2.10 bits per heavy atom. The number of esters is 1. The molecule has 1 saturated carbocycles. The van der Waals surface area contributed by atoms with Gasteiger partial charge in [-0.15, -0.1) is 0 Å². The monoisotopic (exact) mass is 331 g/mol. The van der Waals surface area contributed by atoms with Crippen LogP contribution in [0, 0.1) is 0 Å². The molecule has 0 saturated heterocycles. The predicted molar refractivity (Wildman–Crippen MR) is 82.2 cm³/mol. The number of carbonyl (C=O) groups excluding carboxylic acids is 1. The number of benzene rings is 1. The maximum atomic E-state index is 12.1. The van der Waals surface area contributed by atoms with Gasteiger partial charge in [0.05, 0.1) is 15.8 Å². The summed E-state index contributed by atoms with van der Waals surface area (Å²) >= 11 is 5.96. The number of carbonyl (C=O) groups is 1. The molecule has 2 unspecified atom stereocenters. The fraction of sp³-hybridized carbons (Fsp3) is 0.500. The van der Waals surface area contributed by atoms with E-state index in [1.54, 1.807) is 6.07 Å². The van der Waals surface area contributed by atoms with Crippen LogP contribution >= 0.6 is 11.6 Å². The summed E-state index contributed by atoms with van der Waals surface area (Å²) in [6.07, 6.45) is 3.16. The lowest BCUT2D eigenvalue weighted by molar-refractivity contribution is 0.0215. The lowest BCUT2D eigenvalue weighted by Crippen LogP contribution is -2.32. The minimum atomic E-state index is -3.11. The highest BCUT2D eigenvalue weighted by Gasteiger charge is 2.31. The van der Waals surface area contributed by atoms with E-state index in [4.69, 9.17) is 22.1 Å². The first-order valence-electron chi connectivity index (χ1n) is 6.72. The van der Waals surface area contributed by atoms with Gasteiger partial charge in [0.1, 0.15) is 15.9 Å². The molecule has 0 spiro atoms. The molecule has 1 aliphatic carbocycles. The first kappa shape index (κ1) is 16.1. The van der Waals surface area contributed by atoms with Crippen LogP contribution in [-0.2, 0) is 14.6 Å². The van der Waals surface area contributed by atoms with Gasteiger partial charge in [0, 0.05) is 18.4 Å². The normalized spacial score (nSPS) is 22.8. The van der Waals surface area contributed by atoms with E-state index < -0.39 is 27.2 Å². The highest BCUT2D eigenvalue weighted by Crippen LogP contribution is 2.28. The Hall–Kier alpha value is -1.27. The van der Waals surface area contributed by atoms with Crippen molar-refractivity contribution in [3.63, 3.8) is 0 Å². The van der Waals surface area contributed by atoms with Crippen LogP contribution in [0.25, 0.3) is 0 Å².